The van der Waals surface area contributed by atoms with Crippen LogP contribution < -0.4 is 0 Å². The van der Waals surface area contributed by atoms with Crippen LogP contribution in [0.4, 0.5) is 0 Å². The summed E-state index contributed by atoms with van der Waals surface area (Å²) in [5, 5.41) is 9.51. The Kier molecular flexibility index (Phi) is 4.20. The average Bonchev–Trinajstić information content (AvgIpc) is 2.54. The van der Waals surface area contributed by atoms with Gasteiger partial charge in [0.1, 0.15) is 11.0 Å². The molecular weight excluding hydrogens is 306 g/mol. The highest BCUT2D eigenvalue weighted by atomic mass is 32.2. The predicted molar refractivity (Wildman–Crippen MR) is 81.3 cm³/mol. The first kappa shape index (κ1) is 14.8. The van der Waals surface area contributed by atoms with Gasteiger partial charge in [-0.2, -0.15) is 21.3 Å². The van der Waals surface area contributed by atoms with Crippen molar-refractivity contribution in [3.63, 3.8) is 0 Å². The van der Waals surface area contributed by atoms with E-state index in [-0.39, 0.29) is 16.6 Å². The Hall–Kier alpha value is -1.10. The Balaban J connectivity index is 1.99. The molecule has 0 amide bonds. The van der Waals surface area contributed by atoms with Gasteiger partial charge in [-0.3, -0.25) is 0 Å². The molecule has 1 aliphatic carbocycles. The molecule has 0 radical (unpaired) electrons. The van der Waals surface area contributed by atoms with Crippen molar-refractivity contribution in [2.24, 2.45) is 0 Å². The lowest BCUT2D eigenvalue weighted by molar-refractivity contribution is 0.261. The summed E-state index contributed by atoms with van der Waals surface area (Å²) in [6.45, 7) is 0.522. The van der Waals surface area contributed by atoms with E-state index in [0.29, 0.717) is 11.8 Å². The van der Waals surface area contributed by atoms with Gasteiger partial charge in [0.25, 0.3) is 0 Å². The maximum atomic E-state index is 12.9. The number of aromatic nitrogens is 1. The van der Waals surface area contributed by atoms with Crippen LogP contribution in [0.15, 0.2) is 23.2 Å². The topological polar surface area (TPSA) is 74.1 Å². The number of nitriles is 1. The first-order valence-electron chi connectivity index (χ1n) is 7.13. The second kappa shape index (κ2) is 5.95. The number of rotatable bonds is 2. The molecule has 7 heteroatoms. The summed E-state index contributed by atoms with van der Waals surface area (Å²) in [5.41, 5.74) is -0.0110. The second-order valence-corrected chi connectivity index (χ2v) is 8.54. The molecule has 1 saturated heterocycles. The van der Waals surface area contributed by atoms with E-state index >= 15 is 0 Å². The van der Waals surface area contributed by atoms with Crippen LogP contribution in [-0.4, -0.2) is 41.3 Å². The van der Waals surface area contributed by atoms with Gasteiger partial charge in [0.2, 0.25) is 10.0 Å². The fourth-order valence-electron chi connectivity index (χ4n) is 3.17. The Morgan fingerprint density at radius 1 is 1.38 bits per heavy atom. The van der Waals surface area contributed by atoms with E-state index in [1.54, 1.807) is 10.4 Å². The lowest BCUT2D eigenvalue weighted by atomic mass is 9.95. The highest BCUT2D eigenvalue weighted by Crippen LogP contribution is 2.38. The van der Waals surface area contributed by atoms with Gasteiger partial charge >= 0.3 is 0 Å². The number of nitrogens with zero attached hydrogens (tertiary/aromatic N) is 3. The Morgan fingerprint density at radius 2 is 2.19 bits per heavy atom. The summed E-state index contributed by atoms with van der Waals surface area (Å²) in [5.74, 6) is 0.822. The van der Waals surface area contributed by atoms with Crippen molar-refractivity contribution < 1.29 is 8.42 Å². The second-order valence-electron chi connectivity index (χ2n) is 5.34. The minimum atomic E-state index is -3.64. The predicted octanol–water partition coefficient (Wildman–Crippen LogP) is 2.00. The number of sulfonamides is 1. The molecule has 0 N–H and O–H groups in total. The summed E-state index contributed by atoms with van der Waals surface area (Å²) in [7, 11) is -3.64. The highest BCUT2D eigenvalue weighted by Gasteiger charge is 2.41. The van der Waals surface area contributed by atoms with Crippen LogP contribution in [0.5, 0.6) is 0 Å². The van der Waals surface area contributed by atoms with Crippen molar-refractivity contribution in [2.45, 2.75) is 41.9 Å². The van der Waals surface area contributed by atoms with E-state index in [2.05, 4.69) is 4.98 Å². The van der Waals surface area contributed by atoms with E-state index in [1.165, 1.54) is 18.7 Å². The molecule has 3 rings (SSSR count). The maximum absolute atomic E-state index is 12.9. The summed E-state index contributed by atoms with van der Waals surface area (Å²) in [4.78, 5) is 3.94. The van der Waals surface area contributed by atoms with Gasteiger partial charge in [-0.1, -0.05) is 12.8 Å². The number of thioether (sulfide) groups is 1. The SMILES string of the molecule is N#Cc1ncccc1S(=O)(=O)N1CCS[C@H]2CCCC[C@@H]21. The molecule has 2 aliphatic rings. The van der Waals surface area contributed by atoms with Crippen LogP contribution in [0.25, 0.3) is 0 Å². The number of fused-ring (bicyclic) bond motifs is 1. The van der Waals surface area contributed by atoms with E-state index in [1.807, 2.05) is 17.8 Å². The fourth-order valence-corrected chi connectivity index (χ4v) is 6.59. The van der Waals surface area contributed by atoms with Gasteiger partial charge in [-0.15, -0.1) is 0 Å². The van der Waals surface area contributed by atoms with Gasteiger partial charge < -0.3 is 0 Å². The minimum absolute atomic E-state index is 0.0110. The third-order valence-corrected chi connectivity index (χ3v) is 7.50. The summed E-state index contributed by atoms with van der Waals surface area (Å²) < 4.78 is 27.5. The van der Waals surface area contributed by atoms with Gasteiger partial charge in [-0.05, 0) is 25.0 Å². The zero-order valence-corrected chi connectivity index (χ0v) is 13.2. The molecule has 0 aromatic carbocycles. The summed E-state index contributed by atoms with van der Waals surface area (Å²) in [6, 6.07) is 5.02. The monoisotopic (exact) mass is 323 g/mol. The Labute approximate surface area is 129 Å². The van der Waals surface area contributed by atoms with Gasteiger partial charge in [0, 0.05) is 29.8 Å². The fraction of sp³-hybridized carbons (Fsp3) is 0.571. The molecule has 1 aromatic rings. The summed E-state index contributed by atoms with van der Waals surface area (Å²) >= 11 is 1.89. The average molecular weight is 323 g/mol. The molecule has 0 bridgehead atoms. The quantitative estimate of drug-likeness (QED) is 0.832. The van der Waals surface area contributed by atoms with Crippen molar-refractivity contribution in [2.75, 3.05) is 12.3 Å². The first-order valence-corrected chi connectivity index (χ1v) is 9.62. The molecule has 1 saturated carbocycles. The number of hydrogen-bond acceptors (Lipinski definition) is 5. The van der Waals surface area contributed by atoms with Crippen LogP contribution in [0, 0.1) is 11.3 Å². The Bertz CT molecular complexity index is 667. The Morgan fingerprint density at radius 3 is 3.00 bits per heavy atom. The van der Waals surface area contributed by atoms with Crippen molar-refractivity contribution in [3.05, 3.63) is 24.0 Å². The molecule has 2 fully saturated rings. The molecule has 21 heavy (non-hydrogen) atoms. The van der Waals surface area contributed by atoms with Crippen LogP contribution >= 0.6 is 11.8 Å². The lowest BCUT2D eigenvalue weighted by Gasteiger charge is -2.42. The van der Waals surface area contributed by atoms with Gasteiger partial charge in [0.15, 0.2) is 5.69 Å². The van der Waals surface area contributed by atoms with Gasteiger partial charge in [0.05, 0.1) is 0 Å². The smallest absolute Gasteiger partial charge is 0.244 e. The van der Waals surface area contributed by atoms with Crippen molar-refractivity contribution in [3.8, 4) is 6.07 Å². The molecule has 2 heterocycles. The van der Waals surface area contributed by atoms with Crippen LogP contribution in [0.3, 0.4) is 0 Å². The van der Waals surface area contributed by atoms with E-state index in [9.17, 15) is 8.42 Å². The van der Waals surface area contributed by atoms with E-state index in [0.717, 1.165) is 25.0 Å². The van der Waals surface area contributed by atoms with Crippen LogP contribution in [-0.2, 0) is 10.0 Å². The molecular formula is C14H17N3O2S2. The zero-order valence-electron chi connectivity index (χ0n) is 11.6. The normalized spacial score (nSPS) is 26.8. The van der Waals surface area contributed by atoms with Gasteiger partial charge in [-0.25, -0.2) is 13.4 Å². The molecule has 1 aliphatic heterocycles. The molecule has 112 valence electrons. The largest absolute Gasteiger partial charge is 0.246 e. The maximum Gasteiger partial charge on any atom is 0.246 e. The molecule has 0 spiro atoms. The minimum Gasteiger partial charge on any atom is -0.244 e. The first-order chi connectivity index (χ1) is 10.1. The van der Waals surface area contributed by atoms with Crippen molar-refractivity contribution in [1.82, 2.24) is 9.29 Å². The van der Waals surface area contributed by atoms with Crippen LogP contribution in [0.2, 0.25) is 0 Å². The third kappa shape index (κ3) is 2.68. The molecule has 5 nitrogen and oxygen atoms in total. The number of pyridine rings is 1. The van der Waals surface area contributed by atoms with Crippen molar-refractivity contribution in [1.29, 1.82) is 5.26 Å². The lowest BCUT2D eigenvalue weighted by Crippen LogP contribution is -2.51. The van der Waals surface area contributed by atoms with E-state index in [4.69, 9.17) is 5.26 Å². The zero-order chi connectivity index (χ0) is 14.9. The van der Waals surface area contributed by atoms with Crippen molar-refractivity contribution >= 4 is 21.8 Å². The van der Waals surface area contributed by atoms with E-state index < -0.39 is 10.0 Å². The highest BCUT2D eigenvalue weighted by molar-refractivity contribution is 8.00. The number of hydrogen-bond donors (Lipinski definition) is 0. The summed E-state index contributed by atoms with van der Waals surface area (Å²) in [6.07, 6.45) is 5.70. The molecule has 2 atom stereocenters. The standard InChI is InChI=1S/C14H17N3O2S2/c15-10-11-14(6-3-7-16-11)21(18,19)17-8-9-20-13-5-2-1-4-12(13)17/h3,6-7,12-13H,1-2,4-5,8-9H2/t12-,13-/m0/s1. The van der Waals surface area contributed by atoms with Crippen LogP contribution in [0.1, 0.15) is 31.4 Å². The molecule has 0 unspecified atom stereocenters. The third-order valence-electron chi connectivity index (χ3n) is 4.14. The molecule has 1 aromatic heterocycles.